The molecule has 0 saturated carbocycles. The first-order valence-electron chi connectivity index (χ1n) is 6.50. The summed E-state index contributed by atoms with van der Waals surface area (Å²) in [5.41, 5.74) is 5.33. The zero-order valence-electron chi connectivity index (χ0n) is 11.3. The van der Waals surface area contributed by atoms with Gasteiger partial charge in [-0.2, -0.15) is 4.31 Å². The molecule has 6 nitrogen and oxygen atoms in total. The lowest BCUT2D eigenvalue weighted by Crippen LogP contribution is -2.52. The van der Waals surface area contributed by atoms with Crippen LogP contribution >= 0.6 is 12.4 Å². The smallest absolute Gasteiger partial charge is 0.238 e. The molecule has 1 aliphatic heterocycles. The molecule has 19 heavy (non-hydrogen) atoms. The van der Waals surface area contributed by atoms with Crippen LogP contribution in [0.15, 0.2) is 0 Å². The molecule has 1 atom stereocenters. The average Bonchev–Trinajstić information content (AvgIpc) is 2.36. The lowest BCUT2D eigenvalue weighted by atomic mass is 10.0. The van der Waals surface area contributed by atoms with E-state index in [9.17, 15) is 13.2 Å². The summed E-state index contributed by atoms with van der Waals surface area (Å²) in [5.74, 6) is -0.118. The quantitative estimate of drug-likeness (QED) is 0.726. The minimum Gasteiger partial charge on any atom is -0.353 e. The first-order valence-corrected chi connectivity index (χ1v) is 8.11. The summed E-state index contributed by atoms with van der Waals surface area (Å²) in [6.45, 7) is 3.02. The topological polar surface area (TPSA) is 92.5 Å². The summed E-state index contributed by atoms with van der Waals surface area (Å²) in [6, 6.07) is -0.554. The normalized spacial score (nSPS) is 20.6. The van der Waals surface area contributed by atoms with Crippen molar-refractivity contribution in [3.8, 4) is 0 Å². The molecule has 0 bridgehead atoms. The lowest BCUT2D eigenvalue weighted by molar-refractivity contribution is -0.125. The lowest BCUT2D eigenvalue weighted by Gasteiger charge is -2.33. The number of hydrogen-bond donors (Lipinski definition) is 2. The molecule has 0 aromatic heterocycles. The summed E-state index contributed by atoms with van der Waals surface area (Å²) in [6.07, 6.45) is 2.87. The average molecular weight is 314 g/mol. The molecule has 8 heteroatoms. The first-order chi connectivity index (χ1) is 8.53. The highest BCUT2D eigenvalue weighted by molar-refractivity contribution is 7.89. The van der Waals surface area contributed by atoms with Gasteiger partial charge in [0.15, 0.2) is 0 Å². The van der Waals surface area contributed by atoms with Gasteiger partial charge in [0, 0.05) is 19.6 Å². The van der Waals surface area contributed by atoms with Crippen LogP contribution in [0.3, 0.4) is 0 Å². The SMILES string of the molecule is CCCS(=O)(=O)N1CCCCC1C(=O)NCCN.Cl. The Morgan fingerprint density at radius 3 is 2.68 bits per heavy atom. The van der Waals surface area contributed by atoms with E-state index in [1.807, 2.05) is 6.92 Å². The highest BCUT2D eigenvalue weighted by Crippen LogP contribution is 2.21. The van der Waals surface area contributed by atoms with Gasteiger partial charge in [-0.05, 0) is 19.3 Å². The van der Waals surface area contributed by atoms with Crippen molar-refractivity contribution in [3.63, 3.8) is 0 Å². The molecule has 1 rings (SSSR count). The van der Waals surface area contributed by atoms with Gasteiger partial charge in [-0.15, -0.1) is 12.4 Å². The van der Waals surface area contributed by atoms with Gasteiger partial charge in [-0.3, -0.25) is 4.79 Å². The van der Waals surface area contributed by atoms with Crippen molar-refractivity contribution in [1.82, 2.24) is 9.62 Å². The maximum Gasteiger partial charge on any atom is 0.238 e. The van der Waals surface area contributed by atoms with Gasteiger partial charge in [0.25, 0.3) is 0 Å². The Labute approximate surface area is 121 Å². The number of carbonyl (C=O) groups excluding carboxylic acids is 1. The van der Waals surface area contributed by atoms with Crippen LogP contribution in [0.25, 0.3) is 0 Å². The Hall–Kier alpha value is -0.370. The largest absolute Gasteiger partial charge is 0.353 e. The summed E-state index contributed by atoms with van der Waals surface area (Å²) in [7, 11) is -3.31. The molecule has 0 aliphatic carbocycles. The predicted octanol–water partition coefficient (Wildman–Crippen LogP) is 0.0774. The number of rotatable bonds is 6. The number of hydrogen-bond acceptors (Lipinski definition) is 4. The van der Waals surface area contributed by atoms with Gasteiger partial charge >= 0.3 is 0 Å². The molecular formula is C11H24ClN3O3S. The van der Waals surface area contributed by atoms with Crippen LogP contribution in [0.1, 0.15) is 32.6 Å². The van der Waals surface area contributed by atoms with E-state index in [-0.39, 0.29) is 24.1 Å². The predicted molar refractivity (Wildman–Crippen MR) is 77.7 cm³/mol. The Bertz CT molecular complexity index is 375. The van der Waals surface area contributed by atoms with Crippen molar-refractivity contribution < 1.29 is 13.2 Å². The summed E-state index contributed by atoms with van der Waals surface area (Å²) < 4.78 is 25.6. The first kappa shape index (κ1) is 18.6. The third kappa shape index (κ3) is 5.25. The zero-order chi connectivity index (χ0) is 13.6. The number of sulfonamides is 1. The highest BCUT2D eigenvalue weighted by atomic mass is 35.5. The minimum atomic E-state index is -3.31. The van der Waals surface area contributed by atoms with Gasteiger partial charge in [0.05, 0.1) is 5.75 Å². The van der Waals surface area contributed by atoms with Gasteiger partial charge in [0.2, 0.25) is 15.9 Å². The molecule has 1 fully saturated rings. The fourth-order valence-corrected chi connectivity index (χ4v) is 3.93. The molecule has 114 valence electrons. The minimum absolute atomic E-state index is 0. The molecule has 0 radical (unpaired) electrons. The molecule has 0 aromatic rings. The summed E-state index contributed by atoms with van der Waals surface area (Å²) >= 11 is 0. The molecular weight excluding hydrogens is 290 g/mol. The Morgan fingerprint density at radius 1 is 1.42 bits per heavy atom. The Balaban J connectivity index is 0.00000324. The van der Waals surface area contributed by atoms with Gasteiger partial charge < -0.3 is 11.1 Å². The van der Waals surface area contributed by atoms with Crippen molar-refractivity contribution in [2.45, 2.75) is 38.6 Å². The number of halogens is 1. The molecule has 0 aromatic carbocycles. The van der Waals surface area contributed by atoms with Crippen LogP contribution < -0.4 is 11.1 Å². The molecule has 1 unspecified atom stereocenters. The second-order valence-corrected chi connectivity index (χ2v) is 6.56. The van der Waals surface area contributed by atoms with Crippen LogP contribution in [0.4, 0.5) is 0 Å². The zero-order valence-corrected chi connectivity index (χ0v) is 12.9. The van der Waals surface area contributed by atoms with Crippen molar-refractivity contribution in [1.29, 1.82) is 0 Å². The van der Waals surface area contributed by atoms with E-state index in [1.165, 1.54) is 4.31 Å². The summed E-state index contributed by atoms with van der Waals surface area (Å²) in [5, 5.41) is 2.68. The van der Waals surface area contributed by atoms with E-state index in [1.54, 1.807) is 0 Å². The number of amides is 1. The summed E-state index contributed by atoms with van der Waals surface area (Å²) in [4.78, 5) is 11.9. The van der Waals surface area contributed by atoms with E-state index in [0.717, 1.165) is 12.8 Å². The van der Waals surface area contributed by atoms with Crippen LogP contribution in [0.5, 0.6) is 0 Å². The van der Waals surface area contributed by atoms with Crippen molar-refractivity contribution in [2.24, 2.45) is 5.73 Å². The maximum absolute atomic E-state index is 12.1. The molecule has 0 spiro atoms. The molecule has 1 saturated heterocycles. The number of carbonyl (C=O) groups is 1. The second-order valence-electron chi connectivity index (χ2n) is 4.52. The molecule has 1 amide bonds. The number of nitrogens with one attached hydrogen (secondary N) is 1. The second kappa shape index (κ2) is 8.73. The van der Waals surface area contributed by atoms with Crippen molar-refractivity contribution >= 4 is 28.3 Å². The fourth-order valence-electron chi connectivity index (χ4n) is 2.19. The van der Waals surface area contributed by atoms with Crippen LogP contribution in [-0.2, 0) is 14.8 Å². The van der Waals surface area contributed by atoms with E-state index >= 15 is 0 Å². The van der Waals surface area contributed by atoms with E-state index < -0.39 is 16.1 Å². The van der Waals surface area contributed by atoms with E-state index in [0.29, 0.717) is 32.5 Å². The fraction of sp³-hybridized carbons (Fsp3) is 0.909. The van der Waals surface area contributed by atoms with E-state index in [2.05, 4.69) is 5.32 Å². The van der Waals surface area contributed by atoms with Crippen molar-refractivity contribution in [2.75, 3.05) is 25.4 Å². The third-order valence-electron chi connectivity index (χ3n) is 3.02. The van der Waals surface area contributed by atoms with Crippen LogP contribution in [0.2, 0.25) is 0 Å². The number of nitrogens with zero attached hydrogens (tertiary/aromatic N) is 1. The standard InChI is InChI=1S/C11H23N3O3S.ClH/c1-2-9-18(16,17)14-8-4-3-5-10(14)11(15)13-7-6-12;/h10H,2-9,12H2,1H3,(H,13,15);1H. The van der Waals surface area contributed by atoms with Crippen LogP contribution in [-0.4, -0.2) is 50.1 Å². The monoisotopic (exact) mass is 313 g/mol. The molecule has 3 N–H and O–H groups in total. The highest BCUT2D eigenvalue weighted by Gasteiger charge is 2.35. The Morgan fingerprint density at radius 2 is 2.11 bits per heavy atom. The molecule has 1 aliphatic rings. The van der Waals surface area contributed by atoms with E-state index in [4.69, 9.17) is 5.73 Å². The third-order valence-corrected chi connectivity index (χ3v) is 5.10. The van der Waals surface area contributed by atoms with Crippen LogP contribution in [0, 0.1) is 0 Å². The number of nitrogens with two attached hydrogens (primary N) is 1. The van der Waals surface area contributed by atoms with Crippen molar-refractivity contribution in [3.05, 3.63) is 0 Å². The maximum atomic E-state index is 12.1. The Kier molecular flexibility index (Phi) is 8.56. The van der Waals surface area contributed by atoms with Gasteiger partial charge in [-0.1, -0.05) is 13.3 Å². The van der Waals surface area contributed by atoms with Gasteiger partial charge in [0.1, 0.15) is 6.04 Å². The van der Waals surface area contributed by atoms with Gasteiger partial charge in [-0.25, -0.2) is 8.42 Å². The molecule has 1 heterocycles. The number of piperidine rings is 1.